The summed E-state index contributed by atoms with van der Waals surface area (Å²) in [5.41, 5.74) is 4.58. The molecule has 0 aliphatic carbocycles. The molecule has 1 fully saturated rings. The molecular formula is C31H30F3N7O. The molecule has 0 bridgehead atoms. The molecule has 6 rings (SSSR count). The van der Waals surface area contributed by atoms with Crippen LogP contribution in [0.25, 0.3) is 22.3 Å². The maximum absolute atomic E-state index is 12.9. The van der Waals surface area contributed by atoms with E-state index in [2.05, 4.69) is 37.8 Å². The number of carbonyl (C=O) groups is 1. The number of aromatic amines is 1. The van der Waals surface area contributed by atoms with Gasteiger partial charge < -0.3 is 20.1 Å². The summed E-state index contributed by atoms with van der Waals surface area (Å²) in [7, 11) is 2.14. The highest BCUT2D eigenvalue weighted by molar-refractivity contribution is 6.04. The summed E-state index contributed by atoms with van der Waals surface area (Å²) in [5.74, 6) is 0.211. The van der Waals surface area contributed by atoms with Gasteiger partial charge in [0.05, 0.1) is 28.6 Å². The van der Waals surface area contributed by atoms with Gasteiger partial charge in [-0.25, -0.2) is 4.98 Å². The second-order valence-corrected chi connectivity index (χ2v) is 10.7. The van der Waals surface area contributed by atoms with Gasteiger partial charge in [-0.15, -0.1) is 0 Å². The van der Waals surface area contributed by atoms with Crippen molar-refractivity contribution < 1.29 is 18.0 Å². The van der Waals surface area contributed by atoms with Crippen LogP contribution in [-0.4, -0.2) is 56.7 Å². The maximum Gasteiger partial charge on any atom is 0.416 e. The molecule has 1 amide bonds. The van der Waals surface area contributed by atoms with Crippen molar-refractivity contribution in [2.75, 3.05) is 30.8 Å². The van der Waals surface area contributed by atoms with Gasteiger partial charge in [0, 0.05) is 35.5 Å². The van der Waals surface area contributed by atoms with E-state index in [1.807, 2.05) is 34.9 Å². The smallest absolute Gasteiger partial charge is 0.382 e. The van der Waals surface area contributed by atoms with Crippen molar-refractivity contribution in [1.29, 1.82) is 0 Å². The quantitative estimate of drug-likeness (QED) is 0.214. The molecule has 42 heavy (non-hydrogen) atoms. The zero-order chi connectivity index (χ0) is 29.3. The lowest BCUT2D eigenvalue weighted by atomic mass is 10.0. The predicted octanol–water partition coefficient (Wildman–Crippen LogP) is 6.25. The lowest BCUT2D eigenvalue weighted by Crippen LogP contribution is -2.36. The molecule has 8 nitrogen and oxygen atoms in total. The van der Waals surface area contributed by atoms with Crippen molar-refractivity contribution in [2.45, 2.75) is 31.6 Å². The van der Waals surface area contributed by atoms with Gasteiger partial charge in [0.2, 0.25) is 0 Å². The third kappa shape index (κ3) is 6.15. The molecule has 0 unspecified atom stereocenters. The van der Waals surface area contributed by atoms with Crippen LogP contribution >= 0.6 is 0 Å². The highest BCUT2D eigenvalue weighted by atomic mass is 19.4. The number of fused-ring (bicyclic) bond motifs is 1. The van der Waals surface area contributed by atoms with E-state index < -0.39 is 11.7 Å². The largest absolute Gasteiger partial charge is 0.416 e. The zero-order valence-corrected chi connectivity index (χ0v) is 22.9. The molecule has 0 atom stereocenters. The number of anilines is 2. The van der Waals surface area contributed by atoms with Gasteiger partial charge in [0.15, 0.2) is 0 Å². The average Bonchev–Trinajstić information content (AvgIpc) is 3.61. The average molecular weight is 574 g/mol. The molecule has 3 aromatic carbocycles. The Hall–Kier alpha value is -4.64. The Bertz CT molecular complexity index is 1680. The van der Waals surface area contributed by atoms with Gasteiger partial charge >= 0.3 is 6.18 Å². The number of aromatic nitrogens is 4. The topological polar surface area (TPSA) is 90.9 Å². The van der Waals surface area contributed by atoms with Gasteiger partial charge in [0.25, 0.3) is 5.91 Å². The van der Waals surface area contributed by atoms with Crippen molar-refractivity contribution >= 4 is 28.4 Å². The third-order valence-electron chi connectivity index (χ3n) is 7.61. The van der Waals surface area contributed by atoms with E-state index in [9.17, 15) is 18.0 Å². The van der Waals surface area contributed by atoms with E-state index in [0.29, 0.717) is 29.7 Å². The Labute approximate surface area is 240 Å². The minimum absolute atomic E-state index is 0.249. The van der Waals surface area contributed by atoms with Crippen LogP contribution in [0.1, 0.15) is 34.3 Å². The van der Waals surface area contributed by atoms with Crippen molar-refractivity contribution in [1.82, 2.24) is 24.6 Å². The summed E-state index contributed by atoms with van der Waals surface area (Å²) in [4.78, 5) is 19.6. The number of nitrogens with one attached hydrogen (secondary N) is 3. The molecule has 1 aliphatic rings. The fourth-order valence-electron chi connectivity index (χ4n) is 5.17. The van der Waals surface area contributed by atoms with E-state index in [1.54, 1.807) is 24.5 Å². The van der Waals surface area contributed by atoms with Crippen LogP contribution in [0.5, 0.6) is 0 Å². The van der Waals surface area contributed by atoms with Crippen molar-refractivity contribution in [3.05, 3.63) is 95.8 Å². The molecule has 0 saturated carbocycles. The maximum atomic E-state index is 12.9. The fourth-order valence-corrected chi connectivity index (χ4v) is 5.17. The molecule has 3 N–H and O–H groups in total. The Morgan fingerprint density at radius 1 is 1.00 bits per heavy atom. The van der Waals surface area contributed by atoms with Crippen LogP contribution in [0.2, 0.25) is 0 Å². The van der Waals surface area contributed by atoms with Crippen LogP contribution in [0.4, 0.5) is 24.7 Å². The van der Waals surface area contributed by atoms with E-state index in [0.717, 1.165) is 65.9 Å². The Morgan fingerprint density at radius 2 is 1.74 bits per heavy atom. The van der Waals surface area contributed by atoms with Crippen molar-refractivity contribution in [3.8, 4) is 11.3 Å². The molecular weight excluding hydrogens is 543 g/mol. The first-order valence-electron chi connectivity index (χ1n) is 13.7. The molecule has 1 aliphatic heterocycles. The first kappa shape index (κ1) is 27.5. The number of likely N-dealkylation sites (tertiary alicyclic amines) is 1. The lowest BCUT2D eigenvalue weighted by molar-refractivity contribution is -0.137. The first-order valence-corrected chi connectivity index (χ1v) is 13.7. The van der Waals surface area contributed by atoms with E-state index >= 15 is 0 Å². The number of nitrogens with zero attached hydrogens (tertiary/aromatic N) is 4. The van der Waals surface area contributed by atoms with Gasteiger partial charge in [-0.2, -0.15) is 18.3 Å². The Kier molecular flexibility index (Phi) is 7.42. The number of piperidine rings is 1. The second-order valence-electron chi connectivity index (χ2n) is 10.7. The van der Waals surface area contributed by atoms with Crippen LogP contribution < -0.4 is 10.6 Å². The van der Waals surface area contributed by atoms with Crippen LogP contribution in [0.15, 0.2) is 79.1 Å². The highest BCUT2D eigenvalue weighted by Gasteiger charge is 2.30. The van der Waals surface area contributed by atoms with Gasteiger partial charge in [-0.05, 0) is 87.1 Å². The van der Waals surface area contributed by atoms with Gasteiger partial charge in [-0.3, -0.25) is 9.89 Å². The summed E-state index contributed by atoms with van der Waals surface area (Å²) in [5, 5.41) is 13.7. The van der Waals surface area contributed by atoms with Gasteiger partial charge in [0.1, 0.15) is 5.82 Å². The van der Waals surface area contributed by atoms with Crippen molar-refractivity contribution in [2.24, 2.45) is 0 Å². The standard InChI is InChI=1S/C31H30F3N7O/c1-40-14-12-25(13-15-40)36-24-9-4-21(5-10-24)30(42)37-29-17-27(38-39-29)22-6-11-26-28(16-22)41(19-35-26)18-20-2-7-23(8-3-20)31(32,33)34/h2-11,16-17,19,25,36H,12-15,18H2,1H3,(H2,37,38,39,42). The van der Waals surface area contributed by atoms with E-state index in [1.165, 1.54) is 12.1 Å². The number of halogens is 3. The third-order valence-corrected chi connectivity index (χ3v) is 7.61. The SMILES string of the molecule is CN1CCC(Nc2ccc(C(=O)Nc3cc(-c4ccc5ncn(Cc6ccc(C(F)(F)F)cc6)c5c4)n[nH]3)cc2)CC1. The molecule has 5 aromatic rings. The molecule has 3 heterocycles. The van der Waals surface area contributed by atoms with Gasteiger partial charge in [-0.1, -0.05) is 18.2 Å². The molecule has 1 saturated heterocycles. The fraction of sp³-hybridized carbons (Fsp3) is 0.258. The van der Waals surface area contributed by atoms with Crippen LogP contribution in [-0.2, 0) is 12.7 Å². The number of H-pyrrole nitrogens is 1. The number of imidazole rings is 1. The number of benzene rings is 3. The number of alkyl halides is 3. The summed E-state index contributed by atoms with van der Waals surface area (Å²) in [6.45, 7) is 2.52. The number of hydrogen-bond acceptors (Lipinski definition) is 5. The van der Waals surface area contributed by atoms with Crippen molar-refractivity contribution in [3.63, 3.8) is 0 Å². The number of amides is 1. The summed E-state index contributed by atoms with van der Waals surface area (Å²) in [6, 6.07) is 20.4. The Morgan fingerprint density at radius 3 is 2.45 bits per heavy atom. The Balaban J connectivity index is 1.11. The van der Waals surface area contributed by atoms with Crippen LogP contribution in [0, 0.1) is 0 Å². The minimum atomic E-state index is -4.37. The monoisotopic (exact) mass is 573 g/mol. The molecule has 0 radical (unpaired) electrons. The summed E-state index contributed by atoms with van der Waals surface area (Å²) >= 11 is 0. The lowest BCUT2D eigenvalue weighted by Gasteiger charge is -2.30. The molecule has 216 valence electrons. The predicted molar refractivity (Wildman–Crippen MR) is 156 cm³/mol. The molecule has 0 spiro atoms. The molecule has 11 heteroatoms. The summed E-state index contributed by atoms with van der Waals surface area (Å²) in [6.07, 6.45) is -0.521. The van der Waals surface area contributed by atoms with Crippen LogP contribution in [0.3, 0.4) is 0 Å². The number of carbonyl (C=O) groups excluding carboxylic acids is 1. The minimum Gasteiger partial charge on any atom is -0.382 e. The summed E-state index contributed by atoms with van der Waals surface area (Å²) < 4.78 is 40.6. The van der Waals surface area contributed by atoms with E-state index in [-0.39, 0.29) is 5.91 Å². The zero-order valence-electron chi connectivity index (χ0n) is 22.9. The number of hydrogen-bond donors (Lipinski definition) is 3. The highest BCUT2D eigenvalue weighted by Crippen LogP contribution is 2.30. The number of rotatable bonds is 7. The molecule has 2 aromatic heterocycles. The normalized spacial score (nSPS) is 14.8. The second kappa shape index (κ2) is 11.3. The van der Waals surface area contributed by atoms with E-state index in [4.69, 9.17) is 0 Å². The first-order chi connectivity index (χ1) is 20.2.